The zero-order chi connectivity index (χ0) is 10.6. The summed E-state index contributed by atoms with van der Waals surface area (Å²) in [6.07, 6.45) is 0.229. The molecule has 1 atom stereocenters. The van der Waals surface area contributed by atoms with Gasteiger partial charge in [-0.15, -0.1) is 12.4 Å². The van der Waals surface area contributed by atoms with Gasteiger partial charge in [-0.2, -0.15) is 5.26 Å². The van der Waals surface area contributed by atoms with Gasteiger partial charge in [0.1, 0.15) is 0 Å². The molecular formula is C10H11ClN2O2. The summed E-state index contributed by atoms with van der Waals surface area (Å²) in [6.45, 7) is 0. The van der Waals surface area contributed by atoms with Crippen molar-refractivity contribution in [2.24, 2.45) is 5.73 Å². The van der Waals surface area contributed by atoms with Crippen molar-refractivity contribution >= 4 is 18.4 Å². The predicted molar refractivity (Wildman–Crippen MR) is 57.8 cm³/mol. The monoisotopic (exact) mass is 226 g/mol. The number of carbonyl (C=O) groups is 1. The molecule has 15 heavy (non-hydrogen) atoms. The minimum absolute atomic E-state index is 0. The lowest BCUT2D eigenvalue weighted by Gasteiger charge is -2.07. The van der Waals surface area contributed by atoms with E-state index in [4.69, 9.17) is 16.1 Å². The van der Waals surface area contributed by atoms with Crippen LogP contribution in [0.15, 0.2) is 24.3 Å². The Kier molecular flexibility index (Phi) is 5.39. The zero-order valence-electron chi connectivity index (χ0n) is 7.88. The topological polar surface area (TPSA) is 87.1 Å². The van der Waals surface area contributed by atoms with Crippen molar-refractivity contribution < 1.29 is 9.90 Å². The average Bonchev–Trinajstić information content (AvgIpc) is 2.18. The molecule has 0 fully saturated rings. The van der Waals surface area contributed by atoms with E-state index < -0.39 is 5.97 Å². The fraction of sp³-hybridized carbons (Fsp3) is 0.200. The van der Waals surface area contributed by atoms with E-state index >= 15 is 0 Å². The number of hydrogen-bond donors (Lipinski definition) is 2. The first-order chi connectivity index (χ1) is 6.65. The summed E-state index contributed by atoms with van der Waals surface area (Å²) in [5.41, 5.74) is 6.66. The Labute approximate surface area is 93.7 Å². The maximum atomic E-state index is 10.5. The summed E-state index contributed by atoms with van der Waals surface area (Å²) in [4.78, 5) is 10.5. The second-order valence-electron chi connectivity index (χ2n) is 2.90. The van der Waals surface area contributed by atoms with Crippen LogP contribution < -0.4 is 5.73 Å². The molecule has 0 aliphatic rings. The smallest absolute Gasteiger partial charge is 0.335 e. The van der Waals surface area contributed by atoms with Crippen LogP contribution in [0.1, 0.15) is 28.4 Å². The summed E-state index contributed by atoms with van der Waals surface area (Å²) in [5, 5.41) is 17.1. The van der Waals surface area contributed by atoms with Crippen LogP contribution in [0.5, 0.6) is 0 Å². The number of benzene rings is 1. The molecule has 80 valence electrons. The normalized spacial score (nSPS) is 10.9. The quantitative estimate of drug-likeness (QED) is 0.822. The Morgan fingerprint density at radius 2 is 2.00 bits per heavy atom. The van der Waals surface area contributed by atoms with Crippen LogP contribution in [0.3, 0.4) is 0 Å². The lowest BCUT2D eigenvalue weighted by molar-refractivity contribution is 0.0697. The highest BCUT2D eigenvalue weighted by Crippen LogP contribution is 2.14. The maximum Gasteiger partial charge on any atom is 0.335 e. The van der Waals surface area contributed by atoms with Crippen molar-refractivity contribution in [2.75, 3.05) is 0 Å². The Morgan fingerprint density at radius 1 is 1.47 bits per heavy atom. The second-order valence-corrected chi connectivity index (χ2v) is 2.90. The van der Waals surface area contributed by atoms with Gasteiger partial charge in [0, 0.05) is 6.04 Å². The molecule has 3 N–H and O–H groups in total. The minimum Gasteiger partial charge on any atom is -0.478 e. The van der Waals surface area contributed by atoms with Gasteiger partial charge in [0.05, 0.1) is 18.1 Å². The first-order valence-electron chi connectivity index (χ1n) is 4.11. The Bertz CT molecular complexity index is 370. The molecule has 0 amide bonds. The Hall–Kier alpha value is -1.57. The van der Waals surface area contributed by atoms with Crippen molar-refractivity contribution in [3.63, 3.8) is 0 Å². The first kappa shape index (κ1) is 13.4. The van der Waals surface area contributed by atoms with E-state index in [1.807, 2.05) is 6.07 Å². The van der Waals surface area contributed by atoms with Crippen molar-refractivity contribution in [3.05, 3.63) is 35.4 Å². The molecule has 4 nitrogen and oxygen atoms in total. The first-order valence-corrected chi connectivity index (χ1v) is 4.11. The SMILES string of the molecule is Cl.N#CC[C@@H](N)c1ccc(C(=O)O)cc1. The van der Waals surface area contributed by atoms with Crippen LogP contribution in [-0.2, 0) is 0 Å². The highest BCUT2D eigenvalue weighted by atomic mass is 35.5. The van der Waals surface area contributed by atoms with Crippen molar-refractivity contribution in [2.45, 2.75) is 12.5 Å². The molecule has 0 saturated carbocycles. The molecule has 5 heteroatoms. The van der Waals surface area contributed by atoms with Crippen molar-refractivity contribution in [1.82, 2.24) is 0 Å². The summed E-state index contributed by atoms with van der Waals surface area (Å²) < 4.78 is 0. The van der Waals surface area contributed by atoms with E-state index in [1.165, 1.54) is 12.1 Å². The third-order valence-corrected chi connectivity index (χ3v) is 1.90. The molecule has 0 bridgehead atoms. The third kappa shape index (κ3) is 3.58. The van der Waals surface area contributed by atoms with Crippen LogP contribution in [0.2, 0.25) is 0 Å². The maximum absolute atomic E-state index is 10.5. The highest BCUT2D eigenvalue weighted by Gasteiger charge is 2.06. The van der Waals surface area contributed by atoms with E-state index in [-0.39, 0.29) is 30.4 Å². The molecule has 0 radical (unpaired) electrons. The summed E-state index contributed by atoms with van der Waals surface area (Å²) >= 11 is 0. The van der Waals surface area contributed by atoms with Gasteiger partial charge in [-0.3, -0.25) is 0 Å². The number of nitrogens with two attached hydrogens (primary N) is 1. The number of rotatable bonds is 3. The van der Waals surface area contributed by atoms with E-state index in [9.17, 15) is 4.79 Å². The van der Waals surface area contributed by atoms with Gasteiger partial charge in [0.2, 0.25) is 0 Å². The van der Waals surface area contributed by atoms with Crippen LogP contribution >= 0.6 is 12.4 Å². The van der Waals surface area contributed by atoms with Gasteiger partial charge < -0.3 is 10.8 Å². The summed E-state index contributed by atoms with van der Waals surface area (Å²) in [7, 11) is 0. The van der Waals surface area contributed by atoms with Crippen LogP contribution in [0.4, 0.5) is 0 Å². The van der Waals surface area contributed by atoms with Crippen molar-refractivity contribution in [3.8, 4) is 6.07 Å². The van der Waals surface area contributed by atoms with E-state index in [1.54, 1.807) is 12.1 Å². The van der Waals surface area contributed by atoms with Crippen molar-refractivity contribution in [1.29, 1.82) is 5.26 Å². The van der Waals surface area contributed by atoms with Gasteiger partial charge in [-0.25, -0.2) is 4.79 Å². The molecule has 0 spiro atoms. The lowest BCUT2D eigenvalue weighted by Crippen LogP contribution is -2.09. The minimum atomic E-state index is -0.967. The van der Waals surface area contributed by atoms with Gasteiger partial charge in [0.25, 0.3) is 0 Å². The predicted octanol–water partition coefficient (Wildman–Crippen LogP) is 1.72. The van der Waals surface area contributed by atoms with E-state index in [0.717, 1.165) is 5.56 Å². The number of nitriles is 1. The lowest BCUT2D eigenvalue weighted by atomic mass is 10.0. The number of nitrogens with zero attached hydrogens (tertiary/aromatic N) is 1. The third-order valence-electron chi connectivity index (χ3n) is 1.90. The fourth-order valence-electron chi connectivity index (χ4n) is 1.09. The number of hydrogen-bond acceptors (Lipinski definition) is 3. The Balaban J connectivity index is 0.00000196. The summed E-state index contributed by atoms with van der Waals surface area (Å²) in [6, 6.07) is 7.84. The van der Waals surface area contributed by atoms with Crippen LogP contribution in [0.25, 0.3) is 0 Å². The van der Waals surface area contributed by atoms with E-state index in [2.05, 4.69) is 0 Å². The molecule has 0 aromatic heterocycles. The number of aromatic carboxylic acids is 1. The molecule has 1 aromatic rings. The van der Waals surface area contributed by atoms with Crippen LogP contribution in [0, 0.1) is 11.3 Å². The zero-order valence-corrected chi connectivity index (χ0v) is 8.70. The molecule has 1 rings (SSSR count). The highest BCUT2D eigenvalue weighted by molar-refractivity contribution is 5.87. The van der Waals surface area contributed by atoms with E-state index in [0.29, 0.717) is 0 Å². The van der Waals surface area contributed by atoms with Crippen LogP contribution in [-0.4, -0.2) is 11.1 Å². The van der Waals surface area contributed by atoms with Gasteiger partial charge in [-0.1, -0.05) is 12.1 Å². The number of halogens is 1. The molecule has 0 heterocycles. The molecule has 0 unspecified atom stereocenters. The average molecular weight is 227 g/mol. The standard InChI is InChI=1S/C10H10N2O2.ClH/c11-6-5-9(12)7-1-3-8(4-2-7)10(13)14;/h1-4,9H,5,12H2,(H,13,14);1H/t9-;/m1./s1. The molecule has 0 aliphatic heterocycles. The molecular weight excluding hydrogens is 216 g/mol. The Morgan fingerprint density at radius 3 is 2.40 bits per heavy atom. The van der Waals surface area contributed by atoms with Gasteiger partial charge >= 0.3 is 5.97 Å². The summed E-state index contributed by atoms with van der Waals surface area (Å²) in [5.74, 6) is -0.967. The fourth-order valence-corrected chi connectivity index (χ4v) is 1.09. The molecule has 1 aromatic carbocycles. The number of carboxylic acids is 1. The molecule has 0 aliphatic carbocycles. The van der Waals surface area contributed by atoms with Gasteiger partial charge in [-0.05, 0) is 17.7 Å². The number of carboxylic acid groups (broad SMARTS) is 1. The largest absolute Gasteiger partial charge is 0.478 e. The van der Waals surface area contributed by atoms with Gasteiger partial charge in [0.15, 0.2) is 0 Å². The molecule has 0 saturated heterocycles. The second kappa shape index (κ2) is 6.02.